The fourth-order valence-corrected chi connectivity index (χ4v) is 5.99. The Bertz CT molecular complexity index is 1440. The molecule has 37 heavy (non-hydrogen) atoms. The number of nitrogens with one attached hydrogen (secondary N) is 2. The summed E-state index contributed by atoms with van der Waals surface area (Å²) in [7, 11) is -3.90. The third kappa shape index (κ3) is 5.15. The summed E-state index contributed by atoms with van der Waals surface area (Å²) in [5.74, 6) is -0.123. The van der Waals surface area contributed by atoms with Crippen LogP contribution in [0.15, 0.2) is 44.6 Å². The van der Waals surface area contributed by atoms with E-state index < -0.39 is 27.2 Å². The third-order valence-electron chi connectivity index (χ3n) is 6.69. The summed E-state index contributed by atoms with van der Waals surface area (Å²) < 4.78 is 30.1. The molecule has 12 heteroatoms. The predicted molar refractivity (Wildman–Crippen MR) is 143 cm³/mol. The lowest BCUT2D eigenvalue weighted by atomic mass is 10.1. The highest BCUT2D eigenvalue weighted by Gasteiger charge is 2.34. The number of hydrogen-bond donors (Lipinski definition) is 3. The number of aromatic nitrogens is 2. The van der Waals surface area contributed by atoms with E-state index in [2.05, 4.69) is 9.71 Å². The molecule has 11 nitrogen and oxygen atoms in total. The standard InChI is InChI=1S/C25H34N6O5S/c1-3-5-13-30(21-22(26)31(14-6-4-2)25(34)27-23(21)32)24(33)17-11-12-18-19(16-17)37(35,36)28-20-10-8-7-9-15-29(18)20/h10-12,16,28H,3-9,13-15,26H2,1-2H3,(H,27,32,34). The fourth-order valence-electron chi connectivity index (χ4n) is 4.67. The van der Waals surface area contributed by atoms with Gasteiger partial charge in [0, 0.05) is 25.2 Å². The van der Waals surface area contributed by atoms with Gasteiger partial charge >= 0.3 is 5.69 Å². The molecule has 0 saturated heterocycles. The van der Waals surface area contributed by atoms with Crippen LogP contribution in [0.1, 0.15) is 69.2 Å². The highest BCUT2D eigenvalue weighted by Crippen LogP contribution is 2.35. The van der Waals surface area contributed by atoms with Crippen LogP contribution in [0, 0.1) is 0 Å². The van der Waals surface area contributed by atoms with E-state index in [9.17, 15) is 22.8 Å². The van der Waals surface area contributed by atoms with Crippen LogP contribution in [0.5, 0.6) is 0 Å². The van der Waals surface area contributed by atoms with E-state index in [0.717, 1.165) is 32.1 Å². The number of carbonyl (C=O) groups excluding carboxylic acids is 1. The number of benzene rings is 1. The second-order valence-corrected chi connectivity index (χ2v) is 11.0. The molecule has 0 fully saturated rings. The summed E-state index contributed by atoms with van der Waals surface area (Å²) in [5.41, 5.74) is 5.41. The summed E-state index contributed by atoms with van der Waals surface area (Å²) in [4.78, 5) is 44.5. The molecule has 2 aliphatic rings. The minimum atomic E-state index is -3.90. The van der Waals surface area contributed by atoms with Crippen LogP contribution in [0.2, 0.25) is 0 Å². The quantitative estimate of drug-likeness (QED) is 0.474. The molecule has 200 valence electrons. The second kappa shape index (κ2) is 10.8. The van der Waals surface area contributed by atoms with Crippen LogP contribution in [0.4, 0.5) is 17.2 Å². The normalized spacial score (nSPS) is 16.2. The number of nitrogens with zero attached hydrogens (tertiary/aromatic N) is 3. The number of rotatable bonds is 8. The van der Waals surface area contributed by atoms with Crippen LogP contribution in [0.25, 0.3) is 0 Å². The van der Waals surface area contributed by atoms with Crippen molar-refractivity contribution in [2.45, 2.75) is 70.2 Å². The molecule has 2 aliphatic heterocycles. The van der Waals surface area contributed by atoms with Gasteiger partial charge in [0.05, 0.1) is 5.69 Å². The van der Waals surface area contributed by atoms with Crippen molar-refractivity contribution in [2.24, 2.45) is 0 Å². The molecule has 0 unspecified atom stereocenters. The second-order valence-electron chi connectivity index (χ2n) is 9.33. The van der Waals surface area contributed by atoms with Crippen LogP contribution >= 0.6 is 0 Å². The minimum Gasteiger partial charge on any atom is -0.383 e. The van der Waals surface area contributed by atoms with E-state index in [0.29, 0.717) is 37.4 Å². The Labute approximate surface area is 216 Å². The molecular weight excluding hydrogens is 496 g/mol. The Kier molecular flexibility index (Phi) is 7.76. The Balaban J connectivity index is 1.80. The first-order valence-electron chi connectivity index (χ1n) is 12.8. The minimum absolute atomic E-state index is 0.00244. The van der Waals surface area contributed by atoms with Gasteiger partial charge in [-0.25, -0.2) is 13.2 Å². The van der Waals surface area contributed by atoms with Crippen LogP contribution in [-0.2, 0) is 16.6 Å². The lowest BCUT2D eigenvalue weighted by Crippen LogP contribution is -2.42. The van der Waals surface area contributed by atoms with Crippen molar-refractivity contribution in [2.75, 3.05) is 28.6 Å². The van der Waals surface area contributed by atoms with Crippen molar-refractivity contribution in [1.82, 2.24) is 14.3 Å². The van der Waals surface area contributed by atoms with Gasteiger partial charge in [-0.15, -0.1) is 0 Å². The fraction of sp³-hybridized carbons (Fsp3) is 0.480. The van der Waals surface area contributed by atoms with Crippen molar-refractivity contribution in [3.05, 3.63) is 56.5 Å². The molecule has 0 radical (unpaired) electrons. The van der Waals surface area contributed by atoms with Gasteiger partial charge in [0.1, 0.15) is 16.5 Å². The molecule has 0 aliphatic carbocycles. The number of unbranched alkanes of at least 4 members (excludes halogenated alkanes) is 2. The number of H-pyrrole nitrogens is 1. The van der Waals surface area contributed by atoms with E-state index in [-0.39, 0.29) is 28.5 Å². The SMILES string of the molecule is CCCCN(C(=O)c1ccc2c(c1)S(=O)(=O)NC1=CCCCCN12)c1c(N)n(CCCC)c(=O)[nH]c1=O. The molecule has 1 aromatic heterocycles. The monoisotopic (exact) mass is 530 g/mol. The molecule has 3 heterocycles. The Morgan fingerprint density at radius 3 is 2.62 bits per heavy atom. The van der Waals surface area contributed by atoms with Gasteiger partial charge in [0.25, 0.3) is 21.5 Å². The molecule has 1 aromatic carbocycles. The zero-order valence-electron chi connectivity index (χ0n) is 21.2. The van der Waals surface area contributed by atoms with E-state index in [1.54, 1.807) is 12.1 Å². The lowest BCUT2D eigenvalue weighted by Gasteiger charge is -2.33. The van der Waals surface area contributed by atoms with Crippen molar-refractivity contribution in [1.29, 1.82) is 0 Å². The molecule has 0 saturated carbocycles. The number of amides is 1. The number of hydrogen-bond acceptors (Lipinski definition) is 7. The van der Waals surface area contributed by atoms with Gasteiger partial charge in [-0.05, 0) is 56.4 Å². The lowest BCUT2D eigenvalue weighted by molar-refractivity contribution is 0.0986. The third-order valence-corrected chi connectivity index (χ3v) is 8.07. The van der Waals surface area contributed by atoms with Crippen LogP contribution in [0.3, 0.4) is 0 Å². The maximum atomic E-state index is 13.8. The first-order chi connectivity index (χ1) is 17.7. The highest BCUT2D eigenvalue weighted by atomic mass is 32.2. The van der Waals surface area contributed by atoms with Crippen molar-refractivity contribution >= 4 is 33.1 Å². The molecular formula is C25H34N6O5S. The average molecular weight is 531 g/mol. The maximum absolute atomic E-state index is 13.8. The van der Waals surface area contributed by atoms with Gasteiger partial charge < -0.3 is 15.5 Å². The van der Waals surface area contributed by atoms with Crippen molar-refractivity contribution in [3.63, 3.8) is 0 Å². The van der Waals surface area contributed by atoms with Crippen LogP contribution < -0.4 is 31.5 Å². The zero-order valence-corrected chi connectivity index (χ0v) is 22.1. The molecule has 0 spiro atoms. The number of nitrogens with two attached hydrogens (primary N) is 1. The van der Waals surface area contributed by atoms with Gasteiger partial charge in [-0.1, -0.05) is 26.7 Å². The van der Waals surface area contributed by atoms with Crippen LogP contribution in [-0.4, -0.2) is 37.0 Å². The number of sulfonamides is 1. The molecule has 4 rings (SSSR count). The summed E-state index contributed by atoms with van der Waals surface area (Å²) in [6, 6.07) is 4.55. The number of aromatic amines is 1. The summed E-state index contributed by atoms with van der Waals surface area (Å²) in [5, 5.41) is 0. The van der Waals surface area contributed by atoms with E-state index in [1.165, 1.54) is 15.5 Å². The molecule has 4 N–H and O–H groups in total. The Morgan fingerprint density at radius 1 is 1.14 bits per heavy atom. The summed E-state index contributed by atoms with van der Waals surface area (Å²) in [6.45, 7) is 5.05. The number of nitrogen functional groups attached to an aromatic ring is 1. The largest absolute Gasteiger partial charge is 0.383 e. The number of carbonyl (C=O) groups is 1. The van der Waals surface area contributed by atoms with Gasteiger partial charge in [-0.2, -0.15) is 0 Å². The van der Waals surface area contributed by atoms with Gasteiger partial charge in [-0.3, -0.25) is 23.9 Å². The highest BCUT2D eigenvalue weighted by molar-refractivity contribution is 7.90. The molecule has 0 atom stereocenters. The summed E-state index contributed by atoms with van der Waals surface area (Å²) >= 11 is 0. The predicted octanol–water partition coefficient (Wildman–Crippen LogP) is 2.49. The summed E-state index contributed by atoms with van der Waals surface area (Å²) in [6.07, 6.45) is 7.31. The first-order valence-corrected chi connectivity index (χ1v) is 14.3. The number of allylic oxidation sites excluding steroid dienone is 1. The van der Waals surface area contributed by atoms with E-state index in [1.807, 2.05) is 24.8 Å². The Hall–Kier alpha value is -3.54. The Morgan fingerprint density at radius 2 is 1.89 bits per heavy atom. The van der Waals surface area contributed by atoms with E-state index in [4.69, 9.17) is 5.73 Å². The average Bonchev–Trinajstić information content (AvgIpc) is 3.10. The van der Waals surface area contributed by atoms with Crippen molar-refractivity contribution < 1.29 is 13.2 Å². The molecule has 1 amide bonds. The zero-order chi connectivity index (χ0) is 26.7. The number of anilines is 3. The smallest absolute Gasteiger partial charge is 0.330 e. The molecule has 2 aromatic rings. The maximum Gasteiger partial charge on any atom is 0.330 e. The van der Waals surface area contributed by atoms with Gasteiger partial charge in [0.15, 0.2) is 5.69 Å². The topological polar surface area (TPSA) is 151 Å². The van der Waals surface area contributed by atoms with Crippen molar-refractivity contribution in [3.8, 4) is 0 Å². The first kappa shape index (κ1) is 26.5. The van der Waals surface area contributed by atoms with E-state index >= 15 is 0 Å². The molecule has 0 bridgehead atoms. The van der Waals surface area contributed by atoms with Gasteiger partial charge in [0.2, 0.25) is 0 Å². The number of fused-ring (bicyclic) bond motifs is 3.